The highest BCUT2D eigenvalue weighted by Crippen LogP contribution is 2.24. The first kappa shape index (κ1) is 35.4. The van der Waals surface area contributed by atoms with E-state index in [0.29, 0.717) is 6.17 Å². The Kier molecular flexibility index (Phi) is 26.0. The Morgan fingerprint density at radius 3 is 0.921 bits per heavy atom. The smallest absolute Gasteiger partial charge is 0.101 e. The zero-order valence-corrected chi connectivity index (χ0v) is 26.8. The molecule has 1 rings (SSSR count). The van der Waals surface area contributed by atoms with Crippen LogP contribution in [0, 0.1) is 0 Å². The molecule has 1 heterocycles. The van der Waals surface area contributed by atoms with Gasteiger partial charge < -0.3 is 9.80 Å². The number of hydrogen-bond donors (Lipinski definition) is 0. The van der Waals surface area contributed by atoms with Crippen LogP contribution in [0.4, 0.5) is 0 Å². The summed E-state index contributed by atoms with van der Waals surface area (Å²) in [7, 11) is 0. The third kappa shape index (κ3) is 20.3. The van der Waals surface area contributed by atoms with Gasteiger partial charge in [0.25, 0.3) is 0 Å². The lowest BCUT2D eigenvalue weighted by Gasteiger charge is -2.33. The van der Waals surface area contributed by atoms with Gasteiger partial charge in [-0.05, 0) is 25.7 Å². The van der Waals surface area contributed by atoms with Crippen molar-refractivity contribution in [3.05, 3.63) is 12.4 Å². The summed E-state index contributed by atoms with van der Waals surface area (Å²) < 4.78 is 0. The molecule has 0 atom stereocenters. The van der Waals surface area contributed by atoms with E-state index in [1.807, 2.05) is 0 Å². The highest BCUT2D eigenvalue weighted by Gasteiger charge is 2.24. The minimum absolute atomic E-state index is 0.642. The first-order chi connectivity index (χ1) is 18.8. The highest BCUT2D eigenvalue weighted by atomic mass is 15.4. The van der Waals surface area contributed by atoms with Gasteiger partial charge in [0.1, 0.15) is 6.17 Å². The fraction of sp³-hybridized carbons (Fsp3) is 0.944. The van der Waals surface area contributed by atoms with Gasteiger partial charge in [-0.3, -0.25) is 0 Å². The maximum absolute atomic E-state index is 2.70. The Hall–Kier alpha value is -0.660. The predicted octanol–water partition coefficient (Wildman–Crippen LogP) is 12.4. The first-order valence-electron chi connectivity index (χ1n) is 18.0. The molecule has 0 spiro atoms. The average Bonchev–Trinajstić information content (AvgIpc) is 3.31. The summed E-state index contributed by atoms with van der Waals surface area (Å²) in [6, 6.07) is 0. The third-order valence-electron chi connectivity index (χ3n) is 8.82. The molecule has 0 aromatic rings. The number of nitrogens with zero attached hydrogens (tertiary/aromatic N) is 2. The van der Waals surface area contributed by atoms with Gasteiger partial charge in [0.15, 0.2) is 0 Å². The van der Waals surface area contributed by atoms with Crippen LogP contribution in [0.15, 0.2) is 12.4 Å². The van der Waals surface area contributed by atoms with Crippen molar-refractivity contribution in [3.63, 3.8) is 0 Å². The number of unbranched alkanes of at least 4 members (excludes halogenated alkanes) is 24. The van der Waals surface area contributed by atoms with Crippen LogP contribution in [0.25, 0.3) is 0 Å². The molecule has 0 saturated carbocycles. The molecule has 38 heavy (non-hydrogen) atoms. The van der Waals surface area contributed by atoms with Gasteiger partial charge in [0.2, 0.25) is 0 Å². The summed E-state index contributed by atoms with van der Waals surface area (Å²) in [5, 5.41) is 0. The second-order valence-corrected chi connectivity index (χ2v) is 12.5. The lowest BCUT2D eigenvalue weighted by atomic mass is 10.0. The molecule has 0 aliphatic carbocycles. The van der Waals surface area contributed by atoms with Gasteiger partial charge in [-0.15, -0.1) is 0 Å². The van der Waals surface area contributed by atoms with Crippen LogP contribution in [0.3, 0.4) is 0 Å². The summed E-state index contributed by atoms with van der Waals surface area (Å²) >= 11 is 0. The number of rotatable bonds is 30. The molecule has 0 bridgehead atoms. The standard InChI is InChI=1S/C36H72N2/c1-4-7-10-13-16-17-18-19-20-21-22-25-28-31-36-37(32-29-26-23-14-11-8-5-2)34-35-38(36)33-30-27-24-15-12-9-6-3/h34-36H,4-33H2,1-3H3. The molecular formula is C36H72N2. The van der Waals surface area contributed by atoms with Gasteiger partial charge in [-0.2, -0.15) is 0 Å². The zero-order chi connectivity index (χ0) is 27.4. The summed E-state index contributed by atoms with van der Waals surface area (Å²) in [6.45, 7) is 9.47. The molecule has 0 radical (unpaired) electrons. The van der Waals surface area contributed by atoms with Gasteiger partial charge in [0, 0.05) is 25.5 Å². The van der Waals surface area contributed by atoms with Gasteiger partial charge in [-0.25, -0.2) is 0 Å². The van der Waals surface area contributed by atoms with E-state index in [-0.39, 0.29) is 0 Å². The number of hydrogen-bond acceptors (Lipinski definition) is 2. The van der Waals surface area contributed by atoms with E-state index in [9.17, 15) is 0 Å². The van der Waals surface area contributed by atoms with Crippen molar-refractivity contribution < 1.29 is 0 Å². The van der Waals surface area contributed by atoms with Crippen LogP contribution >= 0.6 is 0 Å². The average molecular weight is 533 g/mol. The molecule has 226 valence electrons. The van der Waals surface area contributed by atoms with E-state index in [1.54, 1.807) is 0 Å². The summed E-state index contributed by atoms with van der Waals surface area (Å²) in [6.07, 6.45) is 45.5. The molecule has 0 aromatic heterocycles. The van der Waals surface area contributed by atoms with Crippen molar-refractivity contribution in [2.45, 2.75) is 207 Å². The van der Waals surface area contributed by atoms with Crippen molar-refractivity contribution >= 4 is 0 Å². The van der Waals surface area contributed by atoms with E-state index in [0.717, 1.165) is 0 Å². The fourth-order valence-corrected chi connectivity index (χ4v) is 6.19. The van der Waals surface area contributed by atoms with E-state index in [2.05, 4.69) is 43.0 Å². The van der Waals surface area contributed by atoms with Gasteiger partial charge in [-0.1, -0.05) is 175 Å². The maximum atomic E-state index is 2.70. The molecule has 0 fully saturated rings. The summed E-state index contributed by atoms with van der Waals surface area (Å²) in [5.74, 6) is 0. The fourth-order valence-electron chi connectivity index (χ4n) is 6.19. The Morgan fingerprint density at radius 1 is 0.342 bits per heavy atom. The Labute approximate surface area is 241 Å². The second-order valence-electron chi connectivity index (χ2n) is 12.5. The lowest BCUT2D eigenvalue weighted by molar-refractivity contribution is 0.135. The summed E-state index contributed by atoms with van der Waals surface area (Å²) in [5.41, 5.74) is 0. The molecule has 0 unspecified atom stereocenters. The minimum Gasteiger partial charge on any atom is -0.356 e. The van der Waals surface area contributed by atoms with Crippen LogP contribution < -0.4 is 0 Å². The monoisotopic (exact) mass is 533 g/mol. The zero-order valence-electron chi connectivity index (χ0n) is 26.8. The van der Waals surface area contributed by atoms with Crippen LogP contribution in [0.5, 0.6) is 0 Å². The molecule has 0 saturated heterocycles. The molecular weight excluding hydrogens is 460 g/mol. The second kappa shape index (κ2) is 27.9. The van der Waals surface area contributed by atoms with Crippen LogP contribution in [0.1, 0.15) is 201 Å². The van der Waals surface area contributed by atoms with Crippen LogP contribution in [0.2, 0.25) is 0 Å². The largest absolute Gasteiger partial charge is 0.356 e. The van der Waals surface area contributed by atoms with E-state index >= 15 is 0 Å². The SMILES string of the molecule is CCCCCCCCCCCCCCCC1N(CCCCCCCCC)C=CN1CCCCCCCCC. The summed E-state index contributed by atoms with van der Waals surface area (Å²) in [4.78, 5) is 5.40. The molecule has 0 amide bonds. The topological polar surface area (TPSA) is 6.48 Å². The first-order valence-corrected chi connectivity index (χ1v) is 18.0. The van der Waals surface area contributed by atoms with Crippen molar-refractivity contribution in [3.8, 4) is 0 Å². The van der Waals surface area contributed by atoms with Crippen molar-refractivity contribution in [1.29, 1.82) is 0 Å². The molecule has 0 N–H and O–H groups in total. The predicted molar refractivity (Wildman–Crippen MR) is 173 cm³/mol. The maximum Gasteiger partial charge on any atom is 0.101 e. The van der Waals surface area contributed by atoms with Crippen molar-refractivity contribution in [2.24, 2.45) is 0 Å². The van der Waals surface area contributed by atoms with E-state index in [1.165, 1.54) is 193 Å². The molecule has 2 nitrogen and oxygen atoms in total. The van der Waals surface area contributed by atoms with Crippen molar-refractivity contribution in [1.82, 2.24) is 9.80 Å². The normalized spacial score (nSPS) is 13.9. The molecule has 2 heteroatoms. The molecule has 1 aliphatic rings. The van der Waals surface area contributed by atoms with E-state index < -0.39 is 0 Å². The minimum atomic E-state index is 0.642. The lowest BCUT2D eigenvalue weighted by Crippen LogP contribution is -2.39. The van der Waals surface area contributed by atoms with Crippen LogP contribution in [-0.4, -0.2) is 29.1 Å². The molecule has 0 aromatic carbocycles. The highest BCUT2D eigenvalue weighted by molar-refractivity contribution is 4.97. The van der Waals surface area contributed by atoms with Gasteiger partial charge >= 0.3 is 0 Å². The Bertz CT molecular complexity index is 460. The molecule has 1 aliphatic heterocycles. The Balaban J connectivity index is 2.21. The van der Waals surface area contributed by atoms with Crippen LogP contribution in [-0.2, 0) is 0 Å². The van der Waals surface area contributed by atoms with E-state index in [4.69, 9.17) is 0 Å². The quantitative estimate of drug-likeness (QED) is 0.0848. The van der Waals surface area contributed by atoms with Crippen molar-refractivity contribution in [2.75, 3.05) is 13.1 Å². The third-order valence-corrected chi connectivity index (χ3v) is 8.82. The van der Waals surface area contributed by atoms with Gasteiger partial charge in [0.05, 0.1) is 0 Å². The Morgan fingerprint density at radius 2 is 0.605 bits per heavy atom.